The van der Waals surface area contributed by atoms with Gasteiger partial charge in [-0.2, -0.15) is 0 Å². The van der Waals surface area contributed by atoms with Gasteiger partial charge in [0.1, 0.15) is 0 Å². The van der Waals surface area contributed by atoms with E-state index in [1.807, 2.05) is 36.4 Å². The van der Waals surface area contributed by atoms with Crippen LogP contribution in [-0.4, -0.2) is 34.6 Å². The summed E-state index contributed by atoms with van der Waals surface area (Å²) in [5.74, 6) is -0.0155. The molecule has 0 unspecified atom stereocenters. The molecule has 1 saturated heterocycles. The first-order chi connectivity index (χ1) is 13.7. The van der Waals surface area contributed by atoms with Crippen LogP contribution in [0.4, 0.5) is 5.69 Å². The second kappa shape index (κ2) is 8.25. The number of nitrogens with zero attached hydrogens (tertiary/aromatic N) is 3. The van der Waals surface area contributed by atoms with Crippen LogP contribution in [0.1, 0.15) is 19.3 Å². The summed E-state index contributed by atoms with van der Waals surface area (Å²) in [6.45, 7) is 2.21. The molecule has 1 N–H and O–H groups in total. The molecule has 1 aromatic heterocycles. The van der Waals surface area contributed by atoms with E-state index < -0.39 is 0 Å². The highest BCUT2D eigenvalue weighted by Gasteiger charge is 2.20. The third-order valence-corrected chi connectivity index (χ3v) is 5.29. The Morgan fingerprint density at radius 2 is 1.75 bits per heavy atom. The largest absolute Gasteiger partial charge is 0.371 e. The maximum atomic E-state index is 12.5. The Labute approximate surface area is 163 Å². The lowest BCUT2D eigenvalue weighted by molar-refractivity contribution is -0.122. The zero-order chi connectivity index (χ0) is 19.3. The molecular formula is C22H24N4O2. The summed E-state index contributed by atoms with van der Waals surface area (Å²) in [4.78, 5) is 31.5. The summed E-state index contributed by atoms with van der Waals surface area (Å²) in [7, 11) is 0. The Balaban J connectivity index is 1.29. The molecule has 0 aliphatic carbocycles. The molecule has 1 fully saturated rings. The quantitative estimate of drug-likeness (QED) is 0.743. The van der Waals surface area contributed by atoms with Crippen molar-refractivity contribution in [2.24, 2.45) is 0 Å². The smallest absolute Gasteiger partial charge is 0.261 e. The molecule has 6 nitrogen and oxygen atoms in total. The zero-order valence-corrected chi connectivity index (χ0v) is 15.8. The topological polar surface area (TPSA) is 67.2 Å². The Hall–Kier alpha value is -3.15. The highest BCUT2D eigenvalue weighted by molar-refractivity contribution is 5.77. The summed E-state index contributed by atoms with van der Waals surface area (Å²) in [5.41, 5.74) is 1.81. The number of nitrogens with one attached hydrogen (secondary N) is 1. The lowest BCUT2D eigenvalue weighted by atomic mass is 10.0. The van der Waals surface area contributed by atoms with E-state index in [1.54, 1.807) is 6.07 Å². The number of fused-ring (bicyclic) bond motifs is 1. The average Bonchev–Trinajstić information content (AvgIpc) is 2.75. The summed E-state index contributed by atoms with van der Waals surface area (Å²) in [6.07, 6.45) is 3.66. The molecular weight excluding hydrogens is 352 g/mol. The molecule has 2 heterocycles. The first-order valence-corrected chi connectivity index (χ1v) is 9.74. The standard InChI is InChI=1S/C22H24N4O2/c27-21(12-15-26-16-23-20-9-5-4-8-19(20)22(26)28)24-17-10-13-25(14-11-17)18-6-2-1-3-7-18/h1-9,16-17H,10-15H2,(H,24,27). The Morgan fingerprint density at radius 1 is 1.04 bits per heavy atom. The molecule has 3 aromatic rings. The van der Waals surface area contributed by atoms with Gasteiger partial charge >= 0.3 is 0 Å². The van der Waals surface area contributed by atoms with Crippen molar-refractivity contribution in [1.29, 1.82) is 0 Å². The first-order valence-electron chi connectivity index (χ1n) is 9.74. The van der Waals surface area contributed by atoms with E-state index in [1.165, 1.54) is 16.6 Å². The summed E-state index contributed by atoms with van der Waals surface area (Å²) in [6, 6.07) is 17.8. The molecule has 6 heteroatoms. The van der Waals surface area contributed by atoms with Gasteiger partial charge in [-0.1, -0.05) is 30.3 Å². The molecule has 0 saturated carbocycles. The van der Waals surface area contributed by atoms with E-state index in [0.29, 0.717) is 17.4 Å². The molecule has 1 amide bonds. The van der Waals surface area contributed by atoms with Gasteiger partial charge in [0.15, 0.2) is 0 Å². The van der Waals surface area contributed by atoms with E-state index in [9.17, 15) is 9.59 Å². The monoisotopic (exact) mass is 376 g/mol. The second-order valence-electron chi connectivity index (χ2n) is 7.17. The number of rotatable bonds is 5. The van der Waals surface area contributed by atoms with Gasteiger partial charge in [0.2, 0.25) is 5.91 Å². The third kappa shape index (κ3) is 4.06. The predicted octanol–water partition coefficient (Wildman–Crippen LogP) is 2.57. The second-order valence-corrected chi connectivity index (χ2v) is 7.17. The van der Waals surface area contributed by atoms with Crippen LogP contribution in [-0.2, 0) is 11.3 Å². The number of hydrogen-bond acceptors (Lipinski definition) is 4. The molecule has 0 spiro atoms. The molecule has 1 aliphatic heterocycles. The minimum Gasteiger partial charge on any atom is -0.371 e. The number of hydrogen-bond donors (Lipinski definition) is 1. The van der Waals surface area contributed by atoms with Crippen molar-refractivity contribution in [2.75, 3.05) is 18.0 Å². The van der Waals surface area contributed by atoms with Crippen molar-refractivity contribution >= 4 is 22.5 Å². The fourth-order valence-corrected chi connectivity index (χ4v) is 3.71. The average molecular weight is 376 g/mol. The highest BCUT2D eigenvalue weighted by atomic mass is 16.2. The lowest BCUT2D eigenvalue weighted by Crippen LogP contribution is -2.45. The molecule has 4 rings (SSSR count). The molecule has 28 heavy (non-hydrogen) atoms. The number of aromatic nitrogens is 2. The Morgan fingerprint density at radius 3 is 2.54 bits per heavy atom. The highest BCUT2D eigenvalue weighted by Crippen LogP contribution is 2.19. The summed E-state index contributed by atoms with van der Waals surface area (Å²) < 4.78 is 1.51. The predicted molar refractivity (Wildman–Crippen MR) is 110 cm³/mol. The fraction of sp³-hybridized carbons (Fsp3) is 0.318. The van der Waals surface area contributed by atoms with Crippen LogP contribution in [0, 0.1) is 0 Å². The summed E-state index contributed by atoms with van der Waals surface area (Å²) in [5, 5.41) is 3.70. The van der Waals surface area contributed by atoms with Crippen molar-refractivity contribution < 1.29 is 4.79 Å². The normalized spacial score (nSPS) is 14.9. The number of para-hydroxylation sites is 2. The lowest BCUT2D eigenvalue weighted by Gasteiger charge is -2.34. The van der Waals surface area contributed by atoms with Crippen molar-refractivity contribution in [1.82, 2.24) is 14.9 Å². The van der Waals surface area contributed by atoms with Crippen LogP contribution in [0.5, 0.6) is 0 Å². The minimum atomic E-state index is -0.102. The molecule has 0 atom stereocenters. The SMILES string of the molecule is O=C(CCn1cnc2ccccc2c1=O)NC1CCN(c2ccccc2)CC1. The maximum Gasteiger partial charge on any atom is 0.261 e. The number of aryl methyl sites for hydroxylation is 1. The molecule has 0 radical (unpaired) electrons. The molecule has 2 aromatic carbocycles. The van der Waals surface area contributed by atoms with Crippen molar-refractivity contribution in [3.05, 3.63) is 71.3 Å². The van der Waals surface area contributed by atoms with Crippen molar-refractivity contribution in [2.45, 2.75) is 31.8 Å². The van der Waals surface area contributed by atoms with Gasteiger partial charge in [-0.15, -0.1) is 0 Å². The maximum absolute atomic E-state index is 12.5. The first kappa shape index (κ1) is 18.2. The van der Waals surface area contributed by atoms with Crippen molar-refractivity contribution in [3.8, 4) is 0 Å². The van der Waals surface area contributed by atoms with E-state index in [4.69, 9.17) is 0 Å². The molecule has 144 valence electrons. The zero-order valence-electron chi connectivity index (χ0n) is 15.8. The van der Waals surface area contributed by atoms with E-state index in [2.05, 4.69) is 27.3 Å². The summed E-state index contributed by atoms with van der Waals surface area (Å²) >= 11 is 0. The van der Waals surface area contributed by atoms with Crippen LogP contribution in [0.15, 0.2) is 65.7 Å². The van der Waals surface area contributed by atoms with Gasteiger partial charge < -0.3 is 10.2 Å². The fourth-order valence-electron chi connectivity index (χ4n) is 3.71. The van der Waals surface area contributed by atoms with Crippen LogP contribution in [0.3, 0.4) is 0 Å². The number of benzene rings is 2. The number of carbonyl (C=O) groups is 1. The third-order valence-electron chi connectivity index (χ3n) is 5.29. The van der Waals surface area contributed by atoms with Gasteiger partial charge in [-0.25, -0.2) is 4.98 Å². The minimum absolute atomic E-state index is 0.0155. The number of amides is 1. The van der Waals surface area contributed by atoms with E-state index >= 15 is 0 Å². The molecule has 1 aliphatic rings. The van der Waals surface area contributed by atoms with Gasteiger partial charge in [0.05, 0.1) is 17.2 Å². The van der Waals surface area contributed by atoms with Gasteiger partial charge in [0, 0.05) is 37.8 Å². The Kier molecular flexibility index (Phi) is 5.37. The number of carbonyl (C=O) groups excluding carboxylic acids is 1. The van der Waals surface area contributed by atoms with Crippen LogP contribution in [0.25, 0.3) is 10.9 Å². The van der Waals surface area contributed by atoms with Crippen LogP contribution in [0.2, 0.25) is 0 Å². The van der Waals surface area contributed by atoms with Gasteiger partial charge in [-0.05, 0) is 37.1 Å². The van der Waals surface area contributed by atoms with Crippen LogP contribution >= 0.6 is 0 Å². The Bertz CT molecular complexity index is 1010. The van der Waals surface area contributed by atoms with Gasteiger partial charge in [0.25, 0.3) is 5.56 Å². The van der Waals surface area contributed by atoms with Crippen LogP contribution < -0.4 is 15.8 Å². The number of piperidine rings is 1. The molecule has 0 bridgehead atoms. The van der Waals surface area contributed by atoms with E-state index in [-0.39, 0.29) is 23.9 Å². The van der Waals surface area contributed by atoms with Crippen molar-refractivity contribution in [3.63, 3.8) is 0 Å². The van der Waals surface area contributed by atoms with Gasteiger partial charge in [-0.3, -0.25) is 14.2 Å². The van der Waals surface area contributed by atoms with E-state index in [0.717, 1.165) is 25.9 Å². The number of anilines is 1.